The minimum absolute atomic E-state index is 0.0314. The molecule has 39 heavy (non-hydrogen) atoms. The van der Waals surface area contributed by atoms with Gasteiger partial charge in [-0.15, -0.1) is 0 Å². The molecule has 192 valence electrons. The van der Waals surface area contributed by atoms with Crippen molar-refractivity contribution < 1.29 is 14.5 Å². The minimum atomic E-state index is -0.421. The number of anilines is 1. The van der Waals surface area contributed by atoms with Crippen LogP contribution < -0.4 is 10.2 Å². The van der Waals surface area contributed by atoms with Gasteiger partial charge in [0.2, 0.25) is 5.13 Å². The van der Waals surface area contributed by atoms with Crippen LogP contribution in [0.3, 0.4) is 0 Å². The number of ether oxygens (including phenoxy) is 1. The van der Waals surface area contributed by atoms with Crippen molar-refractivity contribution in [3.63, 3.8) is 0 Å². The normalized spacial score (nSPS) is 10.9. The van der Waals surface area contributed by atoms with Crippen LogP contribution in [0.25, 0.3) is 21.7 Å². The number of esters is 1. The predicted molar refractivity (Wildman–Crippen MR) is 153 cm³/mol. The number of aromatic nitrogens is 1. The number of hydrogen-bond acceptors (Lipinski definition) is 8. The van der Waals surface area contributed by atoms with Crippen LogP contribution in [0.5, 0.6) is 5.75 Å². The molecule has 1 aromatic heterocycles. The number of non-ortho nitro benzene ring substituents is 1. The monoisotopic (exact) mass is 534 g/mol. The number of rotatable bonds is 8. The summed E-state index contributed by atoms with van der Waals surface area (Å²) in [6.45, 7) is 2.02. The van der Waals surface area contributed by atoms with E-state index in [1.54, 1.807) is 66.9 Å². The summed E-state index contributed by atoms with van der Waals surface area (Å²) in [4.78, 5) is 28.5. The molecule has 0 radical (unpaired) electrons. The van der Waals surface area contributed by atoms with Gasteiger partial charge in [-0.25, -0.2) is 9.78 Å². The Balaban J connectivity index is 1.32. The molecule has 0 unspecified atom stereocenters. The van der Waals surface area contributed by atoms with Crippen molar-refractivity contribution in [2.75, 3.05) is 5.43 Å². The lowest BCUT2D eigenvalue weighted by atomic mass is 10.1. The molecule has 1 N–H and O–H groups in total. The van der Waals surface area contributed by atoms with Crippen molar-refractivity contribution in [3.8, 4) is 27.4 Å². The summed E-state index contributed by atoms with van der Waals surface area (Å²) in [5, 5.41) is 16.0. The SMILES string of the molecule is Cc1ccc(-c2nc(N/N=C\c3ccc(OC(=O)c4ccccc4)cc3)sc2-c2ccc([N+](=O)[O-])cc2)cc1. The minimum Gasteiger partial charge on any atom is -0.423 e. The Labute approximate surface area is 228 Å². The standard InChI is InChI=1S/C30H22N4O4S/c1-20-7-11-22(12-8-20)27-28(23-13-15-25(16-14-23)34(36)37)39-30(32-27)33-31-19-21-9-17-26(18-10-21)38-29(35)24-5-3-2-4-6-24/h2-19H,1H3,(H,32,33)/b31-19-. The van der Waals surface area contributed by atoms with E-state index in [2.05, 4.69) is 10.5 Å². The third kappa shape index (κ3) is 6.23. The zero-order chi connectivity index (χ0) is 27.2. The Bertz CT molecular complexity index is 1630. The summed E-state index contributed by atoms with van der Waals surface area (Å²) in [6, 6.07) is 30.2. The number of carbonyl (C=O) groups is 1. The van der Waals surface area contributed by atoms with Gasteiger partial charge in [0.1, 0.15) is 5.75 Å². The Morgan fingerprint density at radius 1 is 0.923 bits per heavy atom. The summed E-state index contributed by atoms with van der Waals surface area (Å²) >= 11 is 1.40. The molecule has 0 aliphatic rings. The Morgan fingerprint density at radius 2 is 1.59 bits per heavy atom. The number of aryl methyl sites for hydroxylation is 1. The molecule has 1 heterocycles. The number of benzene rings is 4. The molecule has 9 heteroatoms. The summed E-state index contributed by atoms with van der Waals surface area (Å²) in [5.74, 6) is 0.0139. The lowest BCUT2D eigenvalue weighted by Gasteiger charge is -2.04. The summed E-state index contributed by atoms with van der Waals surface area (Å²) < 4.78 is 5.41. The van der Waals surface area contributed by atoms with Crippen LogP contribution in [-0.2, 0) is 0 Å². The quantitative estimate of drug-likeness (QED) is 0.0733. The molecule has 0 aliphatic carbocycles. The zero-order valence-electron chi connectivity index (χ0n) is 20.8. The van der Waals surface area contributed by atoms with Crippen molar-refractivity contribution in [2.45, 2.75) is 6.92 Å². The number of hydrogen-bond donors (Lipinski definition) is 1. The van der Waals surface area contributed by atoms with Gasteiger partial charge in [-0.1, -0.05) is 59.4 Å². The molecule has 0 amide bonds. The number of nitro groups is 1. The van der Waals surface area contributed by atoms with Gasteiger partial charge in [-0.3, -0.25) is 15.5 Å². The molecule has 5 aromatic rings. The molecule has 0 spiro atoms. The highest BCUT2D eigenvalue weighted by Crippen LogP contribution is 2.39. The van der Waals surface area contributed by atoms with Gasteiger partial charge in [0, 0.05) is 17.7 Å². The number of nitrogens with zero attached hydrogens (tertiary/aromatic N) is 3. The van der Waals surface area contributed by atoms with E-state index in [0.29, 0.717) is 16.4 Å². The van der Waals surface area contributed by atoms with Crippen LogP contribution in [0.2, 0.25) is 0 Å². The molecule has 0 saturated heterocycles. The zero-order valence-corrected chi connectivity index (χ0v) is 21.6. The van der Waals surface area contributed by atoms with Gasteiger partial charge in [0.15, 0.2) is 0 Å². The van der Waals surface area contributed by atoms with Crippen LogP contribution in [0, 0.1) is 17.0 Å². The second kappa shape index (κ2) is 11.5. The fourth-order valence-electron chi connectivity index (χ4n) is 3.73. The maximum atomic E-state index is 12.2. The first-order valence-electron chi connectivity index (χ1n) is 12.0. The van der Waals surface area contributed by atoms with Crippen LogP contribution in [0.4, 0.5) is 10.8 Å². The second-order valence-electron chi connectivity index (χ2n) is 8.56. The lowest BCUT2D eigenvalue weighted by Crippen LogP contribution is -2.08. The summed E-state index contributed by atoms with van der Waals surface area (Å²) in [7, 11) is 0. The maximum absolute atomic E-state index is 12.2. The van der Waals surface area contributed by atoms with E-state index in [0.717, 1.165) is 32.8 Å². The van der Waals surface area contributed by atoms with Gasteiger partial charge in [0.25, 0.3) is 5.69 Å². The molecule has 0 fully saturated rings. The average Bonchev–Trinajstić information content (AvgIpc) is 3.39. The van der Waals surface area contributed by atoms with Gasteiger partial charge in [0.05, 0.1) is 27.3 Å². The van der Waals surface area contributed by atoms with Crippen LogP contribution >= 0.6 is 11.3 Å². The van der Waals surface area contributed by atoms with E-state index in [4.69, 9.17) is 9.72 Å². The molecule has 8 nitrogen and oxygen atoms in total. The van der Waals surface area contributed by atoms with Crippen molar-refractivity contribution in [1.82, 2.24) is 4.98 Å². The number of nitro benzene ring substituents is 1. The first-order chi connectivity index (χ1) is 19.0. The number of nitrogens with one attached hydrogen (secondary N) is 1. The largest absolute Gasteiger partial charge is 0.423 e. The van der Waals surface area contributed by atoms with E-state index in [9.17, 15) is 14.9 Å². The third-order valence-corrected chi connectivity index (χ3v) is 6.78. The number of hydrazone groups is 1. The first-order valence-corrected chi connectivity index (χ1v) is 12.8. The Morgan fingerprint density at radius 3 is 2.26 bits per heavy atom. The average molecular weight is 535 g/mol. The lowest BCUT2D eigenvalue weighted by molar-refractivity contribution is -0.384. The molecule has 0 aliphatic heterocycles. The molecular weight excluding hydrogens is 512 g/mol. The van der Waals surface area contributed by atoms with Crippen LogP contribution in [0.15, 0.2) is 108 Å². The molecule has 0 atom stereocenters. The molecule has 4 aromatic carbocycles. The van der Waals surface area contributed by atoms with Crippen molar-refractivity contribution in [1.29, 1.82) is 0 Å². The molecule has 0 bridgehead atoms. The van der Waals surface area contributed by atoms with Gasteiger partial charge in [-0.2, -0.15) is 5.10 Å². The van der Waals surface area contributed by atoms with Crippen LogP contribution in [-0.4, -0.2) is 22.1 Å². The summed E-state index contributed by atoms with van der Waals surface area (Å²) in [5.41, 5.74) is 7.95. The van der Waals surface area contributed by atoms with E-state index in [-0.39, 0.29) is 5.69 Å². The van der Waals surface area contributed by atoms with Gasteiger partial charge < -0.3 is 4.74 Å². The Hall–Kier alpha value is -5.15. The van der Waals surface area contributed by atoms with Crippen molar-refractivity contribution in [2.24, 2.45) is 5.10 Å². The smallest absolute Gasteiger partial charge is 0.343 e. The van der Waals surface area contributed by atoms with E-state index in [1.165, 1.54) is 23.5 Å². The molecular formula is C30H22N4O4S. The Kier molecular flexibility index (Phi) is 7.51. The topological polar surface area (TPSA) is 107 Å². The van der Waals surface area contributed by atoms with Crippen molar-refractivity contribution in [3.05, 3.63) is 130 Å². The van der Waals surface area contributed by atoms with E-state index >= 15 is 0 Å². The van der Waals surface area contributed by atoms with Gasteiger partial charge >= 0.3 is 5.97 Å². The fraction of sp³-hybridized carbons (Fsp3) is 0.0333. The van der Waals surface area contributed by atoms with Crippen molar-refractivity contribution >= 4 is 34.3 Å². The molecule has 5 rings (SSSR count). The fourth-order valence-corrected chi connectivity index (χ4v) is 4.67. The third-order valence-electron chi connectivity index (χ3n) is 5.77. The summed E-state index contributed by atoms with van der Waals surface area (Å²) in [6.07, 6.45) is 1.64. The molecule has 0 saturated carbocycles. The highest BCUT2D eigenvalue weighted by Gasteiger charge is 2.16. The highest BCUT2D eigenvalue weighted by molar-refractivity contribution is 7.19. The van der Waals surface area contributed by atoms with E-state index in [1.807, 2.05) is 37.3 Å². The maximum Gasteiger partial charge on any atom is 0.343 e. The predicted octanol–water partition coefficient (Wildman–Crippen LogP) is 7.36. The first kappa shape index (κ1) is 25.5. The van der Waals surface area contributed by atoms with Gasteiger partial charge in [-0.05, 0) is 66.6 Å². The number of carbonyl (C=O) groups excluding carboxylic acids is 1. The van der Waals surface area contributed by atoms with Crippen LogP contribution in [0.1, 0.15) is 21.5 Å². The van der Waals surface area contributed by atoms with E-state index < -0.39 is 10.9 Å². The number of thiazole rings is 1. The second-order valence-corrected chi connectivity index (χ2v) is 9.56. The highest BCUT2D eigenvalue weighted by atomic mass is 32.1.